The second-order valence-electron chi connectivity index (χ2n) is 6.37. The van der Waals surface area contributed by atoms with Gasteiger partial charge < -0.3 is 15.2 Å². The Morgan fingerprint density at radius 3 is 2.96 bits per heavy atom. The highest BCUT2D eigenvalue weighted by molar-refractivity contribution is 6.35. The van der Waals surface area contributed by atoms with Crippen molar-refractivity contribution in [3.8, 4) is 0 Å². The summed E-state index contributed by atoms with van der Waals surface area (Å²) in [5.74, 6) is -0.777. The first-order valence-corrected chi connectivity index (χ1v) is 9.19. The summed E-state index contributed by atoms with van der Waals surface area (Å²) in [6.45, 7) is -0.325. The maximum atomic E-state index is 15.7. The number of hydrogen-bond acceptors (Lipinski definition) is 4. The Hall–Kier alpha value is -1.73. The highest BCUT2D eigenvalue weighted by atomic mass is 35.5. The number of fused-ring (bicyclic) bond motifs is 1. The Morgan fingerprint density at radius 1 is 1.48 bits per heavy atom. The lowest BCUT2D eigenvalue weighted by Crippen LogP contribution is -2.44. The number of nitrogens with one attached hydrogen (secondary N) is 1. The van der Waals surface area contributed by atoms with Crippen LogP contribution in [0.4, 0.5) is 4.39 Å². The van der Waals surface area contributed by atoms with Gasteiger partial charge in [0.05, 0.1) is 18.4 Å². The fourth-order valence-corrected chi connectivity index (χ4v) is 3.98. The van der Waals surface area contributed by atoms with Gasteiger partial charge in [0.25, 0.3) is 5.91 Å². The summed E-state index contributed by atoms with van der Waals surface area (Å²) in [4.78, 5) is 16.9. The number of aromatic nitrogens is 1. The van der Waals surface area contributed by atoms with E-state index in [1.165, 1.54) is 13.2 Å². The van der Waals surface area contributed by atoms with Gasteiger partial charge in [-0.25, -0.2) is 4.39 Å². The highest BCUT2D eigenvalue weighted by Crippen LogP contribution is 2.43. The number of aliphatic hydroxyl groups is 1. The molecule has 144 valence electrons. The number of carbonyl (C=O) groups excluding carboxylic acids is 1. The van der Waals surface area contributed by atoms with E-state index < -0.39 is 11.6 Å². The zero-order valence-electron chi connectivity index (χ0n) is 14.6. The molecule has 0 saturated heterocycles. The van der Waals surface area contributed by atoms with E-state index in [1.54, 1.807) is 24.4 Å². The van der Waals surface area contributed by atoms with Crippen molar-refractivity contribution in [2.24, 2.45) is 0 Å². The first kappa shape index (κ1) is 20.0. The maximum absolute atomic E-state index is 15.7. The van der Waals surface area contributed by atoms with Crippen LogP contribution in [0.15, 0.2) is 30.5 Å². The first-order valence-electron chi connectivity index (χ1n) is 8.43. The molecule has 0 bridgehead atoms. The van der Waals surface area contributed by atoms with Crippen molar-refractivity contribution < 1.29 is 19.0 Å². The van der Waals surface area contributed by atoms with E-state index in [0.29, 0.717) is 33.3 Å². The molecule has 0 unspecified atom stereocenters. The van der Waals surface area contributed by atoms with Crippen LogP contribution in [-0.2, 0) is 28.4 Å². The van der Waals surface area contributed by atoms with Crippen LogP contribution < -0.4 is 5.32 Å². The topological polar surface area (TPSA) is 71.5 Å². The molecule has 0 fully saturated rings. The fourth-order valence-electron chi connectivity index (χ4n) is 3.38. The number of carbonyl (C=O) groups is 1. The van der Waals surface area contributed by atoms with Crippen molar-refractivity contribution in [2.75, 3.05) is 7.11 Å². The lowest BCUT2D eigenvalue weighted by atomic mass is 9.80. The number of amides is 1. The molecule has 3 rings (SSSR count). The summed E-state index contributed by atoms with van der Waals surface area (Å²) in [7, 11) is 1.54. The molecule has 1 aliphatic carbocycles. The van der Waals surface area contributed by atoms with Crippen LogP contribution >= 0.6 is 23.2 Å². The first-order chi connectivity index (χ1) is 12.9. The van der Waals surface area contributed by atoms with Gasteiger partial charge in [-0.1, -0.05) is 29.3 Å². The van der Waals surface area contributed by atoms with Crippen molar-refractivity contribution >= 4 is 29.1 Å². The second kappa shape index (κ2) is 8.10. The van der Waals surface area contributed by atoms with Crippen LogP contribution in [0.25, 0.3) is 0 Å². The predicted molar refractivity (Wildman–Crippen MR) is 100 cm³/mol. The van der Waals surface area contributed by atoms with Crippen molar-refractivity contribution in [3.63, 3.8) is 0 Å². The zero-order valence-corrected chi connectivity index (χ0v) is 16.1. The Labute approximate surface area is 166 Å². The average Bonchev–Trinajstić information content (AvgIpc) is 2.67. The summed E-state index contributed by atoms with van der Waals surface area (Å²) in [6.07, 6.45) is 1.53. The van der Waals surface area contributed by atoms with E-state index in [-0.39, 0.29) is 31.2 Å². The largest absolute Gasteiger partial charge is 0.392 e. The molecule has 2 N–H and O–H groups in total. The van der Waals surface area contributed by atoms with Crippen LogP contribution in [-0.4, -0.2) is 23.1 Å². The third kappa shape index (κ3) is 3.80. The van der Waals surface area contributed by atoms with Crippen LogP contribution in [0.1, 0.15) is 41.3 Å². The summed E-state index contributed by atoms with van der Waals surface area (Å²) < 4.78 is 21.1. The van der Waals surface area contributed by atoms with Crippen molar-refractivity contribution in [2.45, 2.75) is 37.8 Å². The molecule has 1 aromatic carbocycles. The Bertz CT molecular complexity index is 865. The zero-order chi connectivity index (χ0) is 19.6. The van der Waals surface area contributed by atoms with E-state index in [0.717, 1.165) is 0 Å². The van der Waals surface area contributed by atoms with Gasteiger partial charge >= 0.3 is 0 Å². The molecule has 5 nitrogen and oxygen atoms in total. The van der Waals surface area contributed by atoms with Crippen LogP contribution in [0, 0.1) is 0 Å². The number of benzene rings is 1. The van der Waals surface area contributed by atoms with Crippen molar-refractivity contribution in [1.82, 2.24) is 10.3 Å². The molecule has 0 saturated carbocycles. The highest BCUT2D eigenvalue weighted by Gasteiger charge is 2.47. The van der Waals surface area contributed by atoms with Gasteiger partial charge in [-0.05, 0) is 42.2 Å². The monoisotopic (exact) mass is 412 g/mol. The Balaban J connectivity index is 1.85. The number of methoxy groups -OCH3 is 1. The number of aliphatic hydroxyl groups excluding tert-OH is 1. The van der Waals surface area contributed by atoms with Crippen molar-refractivity contribution in [1.29, 1.82) is 0 Å². The minimum atomic E-state index is -2.21. The van der Waals surface area contributed by atoms with Crippen LogP contribution in [0.3, 0.4) is 0 Å². The number of nitrogens with zero attached hydrogens (tertiary/aromatic N) is 1. The summed E-state index contributed by atoms with van der Waals surface area (Å²) in [5, 5.41) is 12.8. The molecule has 1 aromatic heterocycles. The molecule has 27 heavy (non-hydrogen) atoms. The number of halogens is 3. The molecule has 0 radical (unpaired) electrons. The molecular weight excluding hydrogens is 394 g/mol. The van der Waals surface area contributed by atoms with Gasteiger partial charge in [0.1, 0.15) is 0 Å². The van der Waals surface area contributed by atoms with Gasteiger partial charge in [0.15, 0.2) is 0 Å². The van der Waals surface area contributed by atoms with Crippen LogP contribution in [0.5, 0.6) is 0 Å². The third-order valence-electron chi connectivity index (χ3n) is 4.81. The maximum Gasteiger partial charge on any atom is 0.262 e. The van der Waals surface area contributed by atoms with Gasteiger partial charge in [-0.3, -0.25) is 9.78 Å². The molecule has 0 aliphatic heterocycles. The standard InChI is InChI=1S/C19H19Cl2FN2O3/c1-27-16-4-5-19(22,14-3-2-6-23-17(14)16)18(26)24-9-13-11(10-25)7-12(20)8-15(13)21/h2-3,6-8,16,25H,4-5,9-10H2,1H3,(H,24,26)/t16-,19-/m0/s1. The predicted octanol–water partition coefficient (Wildman–Crippen LogP) is 3.84. The van der Waals surface area contributed by atoms with E-state index in [9.17, 15) is 9.90 Å². The number of rotatable bonds is 5. The molecule has 2 atom stereocenters. The fraction of sp³-hybridized carbons (Fsp3) is 0.368. The quantitative estimate of drug-likeness (QED) is 0.782. The second-order valence-corrected chi connectivity index (χ2v) is 7.21. The van der Waals surface area contributed by atoms with E-state index in [1.807, 2.05) is 0 Å². The van der Waals surface area contributed by atoms with E-state index in [2.05, 4.69) is 10.3 Å². The number of ether oxygens (including phenoxy) is 1. The number of pyridine rings is 1. The van der Waals surface area contributed by atoms with Gasteiger partial charge in [-0.2, -0.15) is 0 Å². The summed E-state index contributed by atoms with van der Waals surface area (Å²) in [5.41, 5.74) is -0.588. The Kier molecular flexibility index (Phi) is 6.01. The van der Waals surface area contributed by atoms with E-state index >= 15 is 4.39 Å². The minimum Gasteiger partial charge on any atom is -0.392 e. The average molecular weight is 413 g/mol. The van der Waals surface area contributed by atoms with Crippen LogP contribution in [0.2, 0.25) is 10.0 Å². The molecule has 1 amide bonds. The SMILES string of the molecule is CO[C@H]1CC[C@@](F)(C(=O)NCc2c(Cl)cc(Cl)cc2CO)c2cccnc21. The number of alkyl halides is 1. The molecule has 1 heterocycles. The molecular formula is C19H19Cl2FN2O3. The van der Waals surface area contributed by atoms with Gasteiger partial charge in [-0.15, -0.1) is 0 Å². The number of hydrogen-bond donors (Lipinski definition) is 2. The lowest BCUT2D eigenvalue weighted by Gasteiger charge is -2.33. The van der Waals surface area contributed by atoms with E-state index in [4.69, 9.17) is 27.9 Å². The molecule has 0 spiro atoms. The van der Waals surface area contributed by atoms with Crippen molar-refractivity contribution in [3.05, 3.63) is 62.9 Å². The Morgan fingerprint density at radius 2 is 2.26 bits per heavy atom. The molecule has 8 heteroatoms. The third-order valence-corrected chi connectivity index (χ3v) is 5.37. The normalized spacial score (nSPS) is 21.6. The summed E-state index contributed by atoms with van der Waals surface area (Å²) >= 11 is 12.1. The minimum absolute atomic E-state index is 0.0166. The molecule has 1 aliphatic rings. The van der Waals surface area contributed by atoms with Gasteiger partial charge in [0, 0.05) is 35.5 Å². The van der Waals surface area contributed by atoms with Gasteiger partial charge in [0.2, 0.25) is 5.67 Å². The lowest BCUT2D eigenvalue weighted by molar-refractivity contribution is -0.135. The summed E-state index contributed by atoms with van der Waals surface area (Å²) in [6, 6.07) is 6.22. The molecule has 2 aromatic rings. The smallest absolute Gasteiger partial charge is 0.262 e.